The molecule has 0 saturated heterocycles. The number of carboxylic acid groups (broad SMARTS) is 1. The fraction of sp³-hybridized carbons (Fsp3) is 0.583. The van der Waals surface area contributed by atoms with Crippen LogP contribution in [0.15, 0.2) is 5.38 Å². The zero-order valence-corrected chi connectivity index (χ0v) is 12.9. The zero-order chi connectivity index (χ0) is 14.4. The third-order valence-corrected chi connectivity index (χ3v) is 4.45. The molecule has 7 heteroatoms. The van der Waals surface area contributed by atoms with Gasteiger partial charge in [-0.15, -0.1) is 23.1 Å². The molecule has 1 atom stereocenters. The fourth-order valence-electron chi connectivity index (χ4n) is 1.61. The van der Waals surface area contributed by atoms with Crippen LogP contribution in [0.25, 0.3) is 0 Å². The van der Waals surface area contributed by atoms with Gasteiger partial charge in [0.25, 0.3) is 0 Å². The quantitative estimate of drug-likeness (QED) is 0.834. The van der Waals surface area contributed by atoms with Gasteiger partial charge in [-0.3, -0.25) is 4.79 Å². The van der Waals surface area contributed by atoms with Gasteiger partial charge in [-0.2, -0.15) is 0 Å². The summed E-state index contributed by atoms with van der Waals surface area (Å²) in [5.41, 5.74) is 0.966. The molecular formula is C12H18N2O3S2. The van der Waals surface area contributed by atoms with E-state index >= 15 is 0 Å². The SMILES string of the molecule is CCC(C(=O)O)N(C)C(=O)CSCc1csc(C)n1. The van der Waals surface area contributed by atoms with E-state index in [1.54, 1.807) is 18.3 Å². The molecule has 0 aliphatic rings. The van der Waals surface area contributed by atoms with Crippen LogP contribution >= 0.6 is 23.1 Å². The maximum atomic E-state index is 11.9. The van der Waals surface area contributed by atoms with Gasteiger partial charge in [0.1, 0.15) is 6.04 Å². The molecule has 0 fully saturated rings. The Bertz CT molecular complexity index is 448. The minimum Gasteiger partial charge on any atom is -0.480 e. The van der Waals surface area contributed by atoms with Gasteiger partial charge in [-0.25, -0.2) is 9.78 Å². The molecule has 1 aromatic heterocycles. The summed E-state index contributed by atoms with van der Waals surface area (Å²) in [4.78, 5) is 28.5. The van der Waals surface area contributed by atoms with Crippen molar-refractivity contribution in [2.45, 2.75) is 32.1 Å². The number of hydrogen-bond donors (Lipinski definition) is 1. The second kappa shape index (κ2) is 7.49. The summed E-state index contributed by atoms with van der Waals surface area (Å²) in [7, 11) is 1.54. The van der Waals surface area contributed by atoms with E-state index in [-0.39, 0.29) is 11.7 Å². The number of rotatable bonds is 7. The minimum atomic E-state index is -0.960. The number of carbonyl (C=O) groups is 2. The molecule has 1 heterocycles. The summed E-state index contributed by atoms with van der Waals surface area (Å²) < 4.78 is 0. The molecule has 0 aromatic carbocycles. The number of thioether (sulfide) groups is 1. The number of aromatic nitrogens is 1. The Morgan fingerprint density at radius 2 is 2.26 bits per heavy atom. The average Bonchev–Trinajstić information content (AvgIpc) is 2.75. The highest BCUT2D eigenvalue weighted by atomic mass is 32.2. The predicted octanol–water partition coefficient (Wildman–Crippen LogP) is 2.01. The highest BCUT2D eigenvalue weighted by molar-refractivity contribution is 7.99. The lowest BCUT2D eigenvalue weighted by Crippen LogP contribution is -2.42. The summed E-state index contributed by atoms with van der Waals surface area (Å²) >= 11 is 3.04. The number of hydrogen-bond acceptors (Lipinski definition) is 5. The van der Waals surface area contributed by atoms with Crippen molar-refractivity contribution in [3.05, 3.63) is 16.1 Å². The molecule has 0 aliphatic carbocycles. The van der Waals surface area contributed by atoms with Crippen LogP contribution in [0.2, 0.25) is 0 Å². The molecule has 1 unspecified atom stereocenters. The van der Waals surface area contributed by atoms with Crippen molar-refractivity contribution in [2.24, 2.45) is 0 Å². The van der Waals surface area contributed by atoms with Gasteiger partial charge in [0.2, 0.25) is 5.91 Å². The first kappa shape index (κ1) is 16.0. The van der Waals surface area contributed by atoms with E-state index in [9.17, 15) is 9.59 Å². The molecule has 1 rings (SSSR count). The molecule has 0 spiro atoms. The molecule has 0 bridgehead atoms. The van der Waals surface area contributed by atoms with Crippen LogP contribution < -0.4 is 0 Å². The number of carbonyl (C=O) groups excluding carboxylic acids is 1. The smallest absolute Gasteiger partial charge is 0.326 e. The molecule has 0 saturated carbocycles. The van der Waals surface area contributed by atoms with E-state index in [4.69, 9.17) is 5.11 Å². The van der Waals surface area contributed by atoms with E-state index < -0.39 is 12.0 Å². The maximum Gasteiger partial charge on any atom is 0.326 e. The minimum absolute atomic E-state index is 0.161. The summed E-state index contributed by atoms with van der Waals surface area (Å²) in [6.45, 7) is 3.70. The number of aliphatic carboxylic acids is 1. The van der Waals surface area contributed by atoms with Crippen molar-refractivity contribution in [1.29, 1.82) is 0 Å². The van der Waals surface area contributed by atoms with Crippen LogP contribution in [-0.2, 0) is 15.3 Å². The van der Waals surface area contributed by atoms with E-state index in [2.05, 4.69) is 4.98 Å². The largest absolute Gasteiger partial charge is 0.480 e. The zero-order valence-electron chi connectivity index (χ0n) is 11.3. The molecule has 0 aliphatic heterocycles. The van der Waals surface area contributed by atoms with Gasteiger partial charge in [0, 0.05) is 18.2 Å². The lowest BCUT2D eigenvalue weighted by Gasteiger charge is -2.23. The highest BCUT2D eigenvalue weighted by Crippen LogP contribution is 2.16. The summed E-state index contributed by atoms with van der Waals surface area (Å²) in [5, 5.41) is 12.0. The highest BCUT2D eigenvalue weighted by Gasteiger charge is 2.24. The predicted molar refractivity (Wildman–Crippen MR) is 77.5 cm³/mol. The number of nitrogens with zero attached hydrogens (tertiary/aromatic N) is 2. The van der Waals surface area contributed by atoms with Gasteiger partial charge in [0.05, 0.1) is 16.5 Å². The Labute approximate surface area is 121 Å². The van der Waals surface area contributed by atoms with Crippen LogP contribution in [0.3, 0.4) is 0 Å². The van der Waals surface area contributed by atoms with Crippen molar-refractivity contribution in [3.8, 4) is 0 Å². The van der Waals surface area contributed by atoms with Crippen molar-refractivity contribution < 1.29 is 14.7 Å². The summed E-state index contributed by atoms with van der Waals surface area (Å²) in [6.07, 6.45) is 0.410. The third kappa shape index (κ3) is 4.83. The van der Waals surface area contributed by atoms with E-state index in [0.29, 0.717) is 12.2 Å². The summed E-state index contributed by atoms with van der Waals surface area (Å²) in [6, 6.07) is -0.741. The van der Waals surface area contributed by atoms with Crippen molar-refractivity contribution in [3.63, 3.8) is 0 Å². The third-order valence-electron chi connectivity index (χ3n) is 2.67. The Morgan fingerprint density at radius 1 is 1.58 bits per heavy atom. The van der Waals surface area contributed by atoms with Gasteiger partial charge in [0.15, 0.2) is 0 Å². The van der Waals surface area contributed by atoms with E-state index in [0.717, 1.165) is 10.7 Å². The Kier molecular flexibility index (Phi) is 6.30. The molecule has 19 heavy (non-hydrogen) atoms. The van der Waals surface area contributed by atoms with Crippen molar-refractivity contribution in [1.82, 2.24) is 9.88 Å². The van der Waals surface area contributed by atoms with Crippen LogP contribution in [0.5, 0.6) is 0 Å². The number of aryl methyl sites for hydroxylation is 1. The summed E-state index contributed by atoms with van der Waals surface area (Å²) in [5.74, 6) is -0.172. The average molecular weight is 302 g/mol. The molecule has 0 radical (unpaired) electrons. The van der Waals surface area contributed by atoms with Gasteiger partial charge in [-0.05, 0) is 13.3 Å². The molecule has 1 aromatic rings. The molecule has 1 amide bonds. The second-order valence-electron chi connectivity index (χ2n) is 4.12. The van der Waals surface area contributed by atoms with Gasteiger partial charge >= 0.3 is 5.97 Å². The van der Waals surface area contributed by atoms with Crippen LogP contribution in [-0.4, -0.2) is 45.7 Å². The standard InChI is InChI=1S/C12H18N2O3S2/c1-4-10(12(16)17)14(3)11(15)7-18-5-9-6-19-8(2)13-9/h6,10H,4-5,7H2,1-3H3,(H,16,17). The normalized spacial score (nSPS) is 12.2. The molecule has 5 nitrogen and oxygen atoms in total. The van der Waals surface area contributed by atoms with Crippen molar-refractivity contribution in [2.75, 3.05) is 12.8 Å². The fourth-order valence-corrected chi connectivity index (χ4v) is 3.16. The Hall–Kier alpha value is -1.08. The topological polar surface area (TPSA) is 70.5 Å². The van der Waals surface area contributed by atoms with Crippen molar-refractivity contribution >= 4 is 35.0 Å². The molecular weight excluding hydrogens is 284 g/mol. The lowest BCUT2D eigenvalue weighted by atomic mass is 10.2. The first-order valence-electron chi connectivity index (χ1n) is 5.93. The van der Waals surface area contributed by atoms with Crippen LogP contribution in [0.1, 0.15) is 24.0 Å². The van der Waals surface area contributed by atoms with E-state index in [1.807, 2.05) is 12.3 Å². The second-order valence-corrected chi connectivity index (χ2v) is 6.17. The van der Waals surface area contributed by atoms with E-state index in [1.165, 1.54) is 23.7 Å². The molecule has 1 N–H and O–H groups in total. The Morgan fingerprint density at radius 3 is 2.74 bits per heavy atom. The van der Waals surface area contributed by atoms with Crippen LogP contribution in [0.4, 0.5) is 0 Å². The monoisotopic (exact) mass is 302 g/mol. The number of thiazole rings is 1. The Balaban J connectivity index is 2.40. The van der Waals surface area contributed by atoms with Crippen LogP contribution in [0, 0.1) is 6.92 Å². The first-order valence-corrected chi connectivity index (χ1v) is 7.96. The maximum absolute atomic E-state index is 11.9. The van der Waals surface area contributed by atoms with Gasteiger partial charge in [-0.1, -0.05) is 6.92 Å². The number of likely N-dealkylation sites (N-methyl/N-ethyl adjacent to an activating group) is 1. The number of amides is 1. The number of carboxylic acids is 1. The lowest BCUT2D eigenvalue weighted by molar-refractivity contribution is -0.148. The molecule has 106 valence electrons. The first-order chi connectivity index (χ1) is 8.95. The van der Waals surface area contributed by atoms with Gasteiger partial charge < -0.3 is 10.0 Å².